The molecule has 0 aliphatic rings. The van der Waals surface area contributed by atoms with Crippen molar-refractivity contribution in [2.45, 2.75) is 26.2 Å². The van der Waals surface area contributed by atoms with Gasteiger partial charge < -0.3 is 15.4 Å². The topological polar surface area (TPSA) is 76.1 Å². The van der Waals surface area contributed by atoms with Crippen LogP contribution in [-0.2, 0) is 11.2 Å². The van der Waals surface area contributed by atoms with Gasteiger partial charge in [-0.3, -0.25) is 4.79 Å². The van der Waals surface area contributed by atoms with Gasteiger partial charge in [-0.2, -0.15) is 0 Å². The van der Waals surface area contributed by atoms with Crippen molar-refractivity contribution in [2.75, 3.05) is 24.4 Å². The van der Waals surface area contributed by atoms with Crippen molar-refractivity contribution in [1.82, 2.24) is 9.97 Å². The molecule has 0 saturated heterocycles. The number of unbranched alkanes of at least 4 members (excludes halogenated alkanes) is 1. The third kappa shape index (κ3) is 6.48. The monoisotopic (exact) mass is 516 g/mol. The molecule has 0 radical (unpaired) electrons. The Labute approximate surface area is 229 Å². The highest BCUT2D eigenvalue weighted by molar-refractivity contribution is 6.05. The van der Waals surface area contributed by atoms with Gasteiger partial charge in [-0.05, 0) is 73.7 Å². The van der Waals surface area contributed by atoms with Gasteiger partial charge in [0.05, 0.1) is 11.2 Å². The lowest BCUT2D eigenvalue weighted by molar-refractivity contribution is 0.102. The molecule has 0 bridgehead atoms. The zero-order valence-corrected chi connectivity index (χ0v) is 22.3. The Hall–Kier alpha value is -4.55. The predicted molar refractivity (Wildman–Crippen MR) is 159 cm³/mol. The number of hydrogen-bond acceptors (Lipinski definition) is 5. The van der Waals surface area contributed by atoms with E-state index in [2.05, 4.69) is 28.8 Å². The first-order chi connectivity index (χ1) is 19.1. The van der Waals surface area contributed by atoms with Crippen LogP contribution < -0.4 is 10.6 Å². The second kappa shape index (κ2) is 12.3. The summed E-state index contributed by atoms with van der Waals surface area (Å²) in [5.74, 6) is 0.359. The van der Waals surface area contributed by atoms with Crippen LogP contribution in [-0.4, -0.2) is 29.6 Å². The molecular formula is C33H32N4O2. The van der Waals surface area contributed by atoms with E-state index in [4.69, 9.17) is 14.7 Å². The summed E-state index contributed by atoms with van der Waals surface area (Å²) in [5.41, 5.74) is 7.22. The van der Waals surface area contributed by atoms with E-state index in [9.17, 15) is 4.79 Å². The van der Waals surface area contributed by atoms with E-state index >= 15 is 0 Å². The van der Waals surface area contributed by atoms with E-state index in [1.807, 2.05) is 73.7 Å². The minimum Gasteiger partial charge on any atom is -0.385 e. The number of rotatable bonds is 10. The summed E-state index contributed by atoms with van der Waals surface area (Å²) in [6, 6.07) is 31.7. The zero-order valence-electron chi connectivity index (χ0n) is 22.3. The molecule has 0 unspecified atom stereocenters. The lowest BCUT2D eigenvalue weighted by Crippen LogP contribution is -2.13. The first kappa shape index (κ1) is 26.1. The maximum Gasteiger partial charge on any atom is 0.255 e. The SMILES string of the molecule is COCCCCc1ccc(C)c(NC(=O)c2ccc(Nc3nc(-c4ccccc4)c4ccccc4n3)cc2)c1. The van der Waals surface area contributed by atoms with Crippen LogP contribution in [0.25, 0.3) is 22.2 Å². The van der Waals surface area contributed by atoms with Gasteiger partial charge >= 0.3 is 0 Å². The number of benzene rings is 4. The zero-order chi connectivity index (χ0) is 27.0. The molecule has 0 spiro atoms. The van der Waals surface area contributed by atoms with Crippen LogP contribution in [0.15, 0.2) is 97.1 Å². The number of hydrogen-bond donors (Lipinski definition) is 2. The number of para-hydroxylation sites is 1. The Morgan fingerprint density at radius 3 is 2.41 bits per heavy atom. The molecule has 1 heterocycles. The summed E-state index contributed by atoms with van der Waals surface area (Å²) in [6.07, 6.45) is 3.02. The minimum atomic E-state index is -0.144. The Kier molecular flexibility index (Phi) is 8.24. The van der Waals surface area contributed by atoms with Crippen molar-refractivity contribution in [2.24, 2.45) is 0 Å². The van der Waals surface area contributed by atoms with Crippen LogP contribution in [0.4, 0.5) is 17.3 Å². The molecular weight excluding hydrogens is 484 g/mol. The lowest BCUT2D eigenvalue weighted by atomic mass is 10.0. The number of methoxy groups -OCH3 is 1. The number of nitrogens with one attached hydrogen (secondary N) is 2. The predicted octanol–water partition coefficient (Wildman–Crippen LogP) is 7.57. The van der Waals surface area contributed by atoms with Crippen molar-refractivity contribution in [3.8, 4) is 11.3 Å². The molecule has 2 N–H and O–H groups in total. The highest BCUT2D eigenvalue weighted by Crippen LogP contribution is 2.28. The van der Waals surface area contributed by atoms with Crippen molar-refractivity contribution in [3.63, 3.8) is 0 Å². The summed E-state index contributed by atoms with van der Waals surface area (Å²) in [6.45, 7) is 2.77. The largest absolute Gasteiger partial charge is 0.385 e. The standard InChI is InChI=1S/C33H32N4O2/c1-23-15-16-24(10-8-9-21-39-2)22-30(23)35-32(38)26-17-19-27(20-18-26)34-33-36-29-14-7-6-13-28(29)31(37-33)25-11-4-3-5-12-25/h3-7,11-20,22H,8-10,21H2,1-2H3,(H,35,38)(H,34,36,37). The first-order valence-electron chi connectivity index (χ1n) is 13.2. The van der Waals surface area contributed by atoms with Crippen molar-refractivity contribution >= 4 is 34.1 Å². The number of nitrogens with zero attached hydrogens (tertiary/aromatic N) is 2. The molecule has 0 atom stereocenters. The average molecular weight is 517 g/mol. The van der Waals surface area contributed by atoms with Gasteiger partial charge in [0.25, 0.3) is 5.91 Å². The van der Waals surface area contributed by atoms with Crippen LogP contribution in [0.1, 0.15) is 34.3 Å². The fraction of sp³-hybridized carbons (Fsp3) is 0.182. The van der Waals surface area contributed by atoms with E-state index in [0.717, 1.165) is 65.0 Å². The number of aromatic nitrogens is 2. The van der Waals surface area contributed by atoms with E-state index in [-0.39, 0.29) is 5.91 Å². The maximum atomic E-state index is 13.0. The third-order valence-electron chi connectivity index (χ3n) is 6.67. The van der Waals surface area contributed by atoms with Gasteiger partial charge in [-0.1, -0.05) is 60.7 Å². The normalized spacial score (nSPS) is 10.9. The molecule has 0 fully saturated rings. The summed E-state index contributed by atoms with van der Waals surface area (Å²) < 4.78 is 5.14. The molecule has 196 valence electrons. The van der Waals surface area contributed by atoms with Gasteiger partial charge in [-0.25, -0.2) is 9.97 Å². The van der Waals surface area contributed by atoms with Crippen LogP contribution in [0, 0.1) is 6.92 Å². The van der Waals surface area contributed by atoms with Crippen molar-refractivity contribution in [3.05, 3.63) is 114 Å². The molecule has 1 amide bonds. The lowest BCUT2D eigenvalue weighted by Gasteiger charge is -2.12. The first-order valence-corrected chi connectivity index (χ1v) is 13.2. The third-order valence-corrected chi connectivity index (χ3v) is 6.67. The quantitative estimate of drug-likeness (QED) is 0.187. The van der Waals surface area contributed by atoms with Gasteiger partial charge in [0.1, 0.15) is 0 Å². The van der Waals surface area contributed by atoms with Crippen LogP contribution in [0.2, 0.25) is 0 Å². The van der Waals surface area contributed by atoms with E-state index in [1.54, 1.807) is 19.2 Å². The van der Waals surface area contributed by atoms with Gasteiger partial charge in [0, 0.05) is 41.6 Å². The fourth-order valence-electron chi connectivity index (χ4n) is 4.51. The molecule has 39 heavy (non-hydrogen) atoms. The molecule has 0 saturated carbocycles. The molecule has 6 nitrogen and oxygen atoms in total. The van der Waals surface area contributed by atoms with Crippen molar-refractivity contribution in [1.29, 1.82) is 0 Å². The van der Waals surface area contributed by atoms with Crippen LogP contribution >= 0.6 is 0 Å². The molecule has 1 aromatic heterocycles. The summed E-state index contributed by atoms with van der Waals surface area (Å²) in [7, 11) is 1.72. The van der Waals surface area contributed by atoms with Gasteiger partial charge in [0.2, 0.25) is 5.95 Å². The smallest absolute Gasteiger partial charge is 0.255 e. The molecule has 5 aromatic rings. The molecule has 0 aliphatic carbocycles. The second-order valence-electron chi connectivity index (χ2n) is 9.53. The number of carbonyl (C=O) groups excluding carboxylic acids is 1. The number of aryl methyl sites for hydroxylation is 2. The molecule has 5 rings (SSSR count). The number of amides is 1. The highest BCUT2D eigenvalue weighted by atomic mass is 16.5. The molecule has 6 heteroatoms. The van der Waals surface area contributed by atoms with Gasteiger partial charge in [-0.15, -0.1) is 0 Å². The Balaban J connectivity index is 1.30. The van der Waals surface area contributed by atoms with E-state index < -0.39 is 0 Å². The molecule has 4 aromatic carbocycles. The Morgan fingerprint density at radius 2 is 1.62 bits per heavy atom. The Bertz CT molecular complexity index is 1570. The number of carbonyl (C=O) groups is 1. The Morgan fingerprint density at radius 1 is 0.846 bits per heavy atom. The van der Waals surface area contributed by atoms with Crippen molar-refractivity contribution < 1.29 is 9.53 Å². The van der Waals surface area contributed by atoms with E-state index in [0.29, 0.717) is 11.5 Å². The maximum absolute atomic E-state index is 13.0. The average Bonchev–Trinajstić information content (AvgIpc) is 2.97. The second-order valence-corrected chi connectivity index (χ2v) is 9.53. The number of ether oxygens (including phenoxy) is 1. The summed E-state index contributed by atoms with van der Waals surface area (Å²) in [4.78, 5) is 22.6. The summed E-state index contributed by atoms with van der Waals surface area (Å²) in [5, 5.41) is 7.37. The van der Waals surface area contributed by atoms with Crippen LogP contribution in [0.5, 0.6) is 0 Å². The minimum absolute atomic E-state index is 0.144. The van der Waals surface area contributed by atoms with Crippen LogP contribution in [0.3, 0.4) is 0 Å². The van der Waals surface area contributed by atoms with Gasteiger partial charge in [0.15, 0.2) is 0 Å². The summed E-state index contributed by atoms with van der Waals surface area (Å²) >= 11 is 0. The number of fused-ring (bicyclic) bond motifs is 1. The number of anilines is 3. The fourth-order valence-corrected chi connectivity index (χ4v) is 4.51. The highest BCUT2D eigenvalue weighted by Gasteiger charge is 2.12. The molecule has 0 aliphatic heterocycles. The van der Waals surface area contributed by atoms with E-state index in [1.165, 1.54) is 5.56 Å².